The van der Waals surface area contributed by atoms with Gasteiger partial charge in [-0.15, -0.1) is 0 Å². The number of nitrogens with one attached hydrogen (secondary N) is 1. The molecule has 3 heterocycles. The summed E-state index contributed by atoms with van der Waals surface area (Å²) in [5, 5.41) is 12.3. The summed E-state index contributed by atoms with van der Waals surface area (Å²) >= 11 is 0. The SMILES string of the molecule is CCOc1ccc(OCC(=O)Nc2cc(C)nn2-c2ncnc3c2cnn3-c2ccc(F)cc2)cc1. The Bertz CT molecular complexity index is 1510. The third kappa shape index (κ3) is 4.71. The summed E-state index contributed by atoms with van der Waals surface area (Å²) in [6.07, 6.45) is 2.99. The minimum atomic E-state index is -0.364. The highest BCUT2D eigenvalue weighted by molar-refractivity contribution is 5.92. The van der Waals surface area contributed by atoms with Crippen LogP contribution >= 0.6 is 0 Å². The fourth-order valence-electron chi connectivity index (χ4n) is 3.65. The van der Waals surface area contributed by atoms with Crippen molar-refractivity contribution in [1.82, 2.24) is 29.5 Å². The van der Waals surface area contributed by atoms with Gasteiger partial charge in [0.1, 0.15) is 29.5 Å². The van der Waals surface area contributed by atoms with Crippen molar-refractivity contribution in [2.75, 3.05) is 18.5 Å². The second kappa shape index (κ2) is 9.82. The van der Waals surface area contributed by atoms with Crippen LogP contribution in [0.1, 0.15) is 12.6 Å². The summed E-state index contributed by atoms with van der Waals surface area (Å²) in [7, 11) is 0. The number of fused-ring (bicyclic) bond motifs is 1. The molecule has 0 spiro atoms. The van der Waals surface area contributed by atoms with Gasteiger partial charge in [0.25, 0.3) is 5.91 Å². The average molecular weight is 487 g/mol. The second-order valence-electron chi connectivity index (χ2n) is 7.79. The van der Waals surface area contributed by atoms with Crippen LogP contribution in [0.2, 0.25) is 0 Å². The molecule has 36 heavy (non-hydrogen) atoms. The number of rotatable bonds is 8. The first-order chi connectivity index (χ1) is 17.5. The summed E-state index contributed by atoms with van der Waals surface area (Å²) in [6.45, 7) is 4.09. The number of amides is 1. The number of carbonyl (C=O) groups excluding carboxylic acids is 1. The predicted octanol–water partition coefficient (Wildman–Crippen LogP) is 3.86. The van der Waals surface area contributed by atoms with Gasteiger partial charge in [0.05, 0.1) is 29.6 Å². The zero-order chi connectivity index (χ0) is 25.1. The van der Waals surface area contributed by atoms with Crippen molar-refractivity contribution < 1.29 is 18.7 Å². The molecule has 0 radical (unpaired) electrons. The molecule has 5 rings (SSSR count). The first-order valence-corrected chi connectivity index (χ1v) is 11.2. The number of nitrogens with zero attached hydrogens (tertiary/aromatic N) is 6. The maximum Gasteiger partial charge on any atom is 0.263 e. The molecule has 10 nitrogen and oxygen atoms in total. The number of halogens is 1. The molecule has 11 heteroatoms. The molecular weight excluding hydrogens is 465 g/mol. The Morgan fingerprint density at radius 1 is 1.00 bits per heavy atom. The number of aromatic nitrogens is 6. The van der Waals surface area contributed by atoms with Gasteiger partial charge in [0.2, 0.25) is 0 Å². The normalized spacial score (nSPS) is 11.0. The van der Waals surface area contributed by atoms with Gasteiger partial charge >= 0.3 is 0 Å². The monoisotopic (exact) mass is 487 g/mol. The molecular formula is C25H22FN7O3. The molecule has 0 bridgehead atoms. The van der Waals surface area contributed by atoms with Crippen LogP contribution in [-0.4, -0.2) is 48.6 Å². The van der Waals surface area contributed by atoms with E-state index in [4.69, 9.17) is 9.47 Å². The first-order valence-electron chi connectivity index (χ1n) is 11.2. The predicted molar refractivity (Wildman–Crippen MR) is 130 cm³/mol. The van der Waals surface area contributed by atoms with E-state index in [1.54, 1.807) is 53.3 Å². The third-order valence-electron chi connectivity index (χ3n) is 5.22. The van der Waals surface area contributed by atoms with Crippen molar-refractivity contribution in [1.29, 1.82) is 0 Å². The molecule has 5 aromatic rings. The van der Waals surface area contributed by atoms with E-state index in [1.165, 1.54) is 23.1 Å². The first kappa shape index (κ1) is 23.0. The van der Waals surface area contributed by atoms with Crippen molar-refractivity contribution >= 4 is 22.8 Å². The van der Waals surface area contributed by atoms with Crippen LogP contribution in [-0.2, 0) is 4.79 Å². The molecule has 1 amide bonds. The molecule has 182 valence electrons. The van der Waals surface area contributed by atoms with Crippen LogP contribution in [0.5, 0.6) is 11.5 Å². The molecule has 3 aromatic heterocycles. The minimum Gasteiger partial charge on any atom is -0.494 e. The van der Waals surface area contributed by atoms with Gasteiger partial charge in [0, 0.05) is 6.07 Å². The molecule has 0 fully saturated rings. The Kier molecular flexibility index (Phi) is 6.27. The molecule has 0 saturated carbocycles. The van der Waals surface area contributed by atoms with Gasteiger partial charge in [-0.05, 0) is 62.4 Å². The fraction of sp³-hybridized carbons (Fsp3) is 0.160. The van der Waals surface area contributed by atoms with Gasteiger partial charge in [-0.2, -0.15) is 14.9 Å². The van der Waals surface area contributed by atoms with Gasteiger partial charge in [-0.3, -0.25) is 4.79 Å². The van der Waals surface area contributed by atoms with Crippen LogP contribution < -0.4 is 14.8 Å². The zero-order valence-corrected chi connectivity index (χ0v) is 19.6. The third-order valence-corrected chi connectivity index (χ3v) is 5.22. The lowest BCUT2D eigenvalue weighted by atomic mass is 10.3. The average Bonchev–Trinajstić information content (AvgIpc) is 3.47. The summed E-state index contributed by atoms with van der Waals surface area (Å²) in [6, 6.07) is 14.7. The Morgan fingerprint density at radius 3 is 2.44 bits per heavy atom. The summed E-state index contributed by atoms with van der Waals surface area (Å²) < 4.78 is 27.5. The highest BCUT2D eigenvalue weighted by Gasteiger charge is 2.18. The number of aryl methyl sites for hydroxylation is 1. The van der Waals surface area contributed by atoms with Crippen molar-refractivity contribution in [2.45, 2.75) is 13.8 Å². The zero-order valence-electron chi connectivity index (χ0n) is 19.6. The van der Waals surface area contributed by atoms with E-state index in [2.05, 4.69) is 25.5 Å². The Hall–Kier alpha value is -4.80. The molecule has 0 aliphatic heterocycles. The van der Waals surface area contributed by atoms with E-state index in [0.717, 1.165) is 5.75 Å². The summed E-state index contributed by atoms with van der Waals surface area (Å²) in [4.78, 5) is 21.4. The lowest BCUT2D eigenvalue weighted by Gasteiger charge is -2.10. The standard InChI is InChI=1S/C25H22FN7O3/c1-3-35-19-8-10-20(11-9-19)36-14-23(34)30-22-12-16(2)31-33(22)25-21-13-29-32(24(21)27-15-28-25)18-6-4-17(26)5-7-18/h4-13,15H,3,14H2,1-2H3,(H,30,34). The van der Waals surface area contributed by atoms with E-state index in [-0.39, 0.29) is 18.3 Å². The summed E-state index contributed by atoms with van der Waals surface area (Å²) in [5.74, 6) is 1.42. The smallest absolute Gasteiger partial charge is 0.263 e. The fourth-order valence-corrected chi connectivity index (χ4v) is 3.65. The van der Waals surface area contributed by atoms with E-state index >= 15 is 0 Å². The Morgan fingerprint density at radius 2 is 1.72 bits per heavy atom. The van der Waals surface area contributed by atoms with Crippen molar-refractivity contribution in [3.8, 4) is 23.0 Å². The molecule has 0 atom stereocenters. The lowest BCUT2D eigenvalue weighted by molar-refractivity contribution is -0.118. The minimum absolute atomic E-state index is 0.195. The van der Waals surface area contributed by atoms with Crippen LogP contribution in [0.4, 0.5) is 10.2 Å². The van der Waals surface area contributed by atoms with Crippen LogP contribution in [0.15, 0.2) is 67.1 Å². The summed E-state index contributed by atoms with van der Waals surface area (Å²) in [5.41, 5.74) is 1.83. The number of ether oxygens (including phenoxy) is 2. The van der Waals surface area contributed by atoms with Crippen LogP contribution in [0.3, 0.4) is 0 Å². The lowest BCUT2D eigenvalue weighted by Crippen LogP contribution is -2.22. The van der Waals surface area contributed by atoms with Gasteiger partial charge in [-0.1, -0.05) is 0 Å². The quantitative estimate of drug-likeness (QED) is 0.354. The van der Waals surface area contributed by atoms with Gasteiger partial charge in [-0.25, -0.2) is 19.0 Å². The number of benzene rings is 2. The maximum atomic E-state index is 13.4. The van der Waals surface area contributed by atoms with Crippen molar-refractivity contribution in [2.24, 2.45) is 0 Å². The highest BCUT2D eigenvalue weighted by atomic mass is 19.1. The van der Waals surface area contributed by atoms with E-state index in [1.807, 2.05) is 13.8 Å². The number of hydrogen-bond acceptors (Lipinski definition) is 7. The molecule has 2 aromatic carbocycles. The van der Waals surface area contributed by atoms with Crippen molar-refractivity contribution in [3.05, 3.63) is 78.6 Å². The highest BCUT2D eigenvalue weighted by Crippen LogP contribution is 2.24. The topological polar surface area (TPSA) is 109 Å². The Balaban J connectivity index is 1.37. The largest absolute Gasteiger partial charge is 0.494 e. The van der Waals surface area contributed by atoms with Crippen LogP contribution in [0.25, 0.3) is 22.5 Å². The van der Waals surface area contributed by atoms with Crippen LogP contribution in [0, 0.1) is 12.7 Å². The van der Waals surface area contributed by atoms with E-state index < -0.39 is 0 Å². The number of hydrogen-bond donors (Lipinski definition) is 1. The maximum absolute atomic E-state index is 13.4. The molecule has 0 aliphatic rings. The molecule has 0 saturated heterocycles. The van der Waals surface area contributed by atoms with Gasteiger partial charge < -0.3 is 14.8 Å². The van der Waals surface area contributed by atoms with Crippen molar-refractivity contribution in [3.63, 3.8) is 0 Å². The molecule has 0 unspecified atom stereocenters. The van der Waals surface area contributed by atoms with E-state index in [0.29, 0.717) is 46.4 Å². The second-order valence-corrected chi connectivity index (χ2v) is 7.79. The van der Waals surface area contributed by atoms with Gasteiger partial charge in [0.15, 0.2) is 18.1 Å². The number of carbonyl (C=O) groups is 1. The van der Waals surface area contributed by atoms with E-state index in [9.17, 15) is 9.18 Å². The molecule has 0 aliphatic carbocycles. The Labute approximate surface area is 205 Å². The number of anilines is 1. The molecule has 1 N–H and O–H groups in total.